The maximum atomic E-state index is 13.0. The minimum absolute atomic E-state index is 0.302. The highest BCUT2D eigenvalue weighted by molar-refractivity contribution is 5.48. The molecule has 0 saturated heterocycles. The van der Waals surface area contributed by atoms with E-state index < -0.39 is 6.04 Å². The molecule has 4 N–H and O–H groups in total. The van der Waals surface area contributed by atoms with Crippen LogP contribution in [0.1, 0.15) is 23.3 Å². The van der Waals surface area contributed by atoms with Gasteiger partial charge in [0.25, 0.3) is 0 Å². The number of hydrogen-bond acceptors (Lipinski definition) is 5. The van der Waals surface area contributed by atoms with E-state index >= 15 is 0 Å². The number of ether oxygens (including phenoxy) is 1. The molecule has 0 fully saturated rings. The monoisotopic (exact) mass is 327 g/mol. The van der Waals surface area contributed by atoms with Crippen molar-refractivity contribution in [3.63, 3.8) is 0 Å². The Hall–Kier alpha value is -2.93. The zero-order chi connectivity index (χ0) is 16.9. The summed E-state index contributed by atoms with van der Waals surface area (Å²) in [5.74, 6) is 1.59. The molecule has 0 amide bonds. The van der Waals surface area contributed by atoms with Crippen LogP contribution in [0.25, 0.3) is 0 Å². The van der Waals surface area contributed by atoms with Gasteiger partial charge in [-0.2, -0.15) is 5.10 Å². The van der Waals surface area contributed by atoms with Crippen LogP contribution in [0.4, 0.5) is 10.1 Å². The zero-order valence-electron chi connectivity index (χ0n) is 13.2. The molecule has 124 valence electrons. The number of hydrogen-bond donors (Lipinski definition) is 3. The van der Waals surface area contributed by atoms with E-state index in [4.69, 9.17) is 10.5 Å². The third kappa shape index (κ3) is 3.69. The lowest BCUT2D eigenvalue weighted by Gasteiger charge is -2.07. The molecule has 2 aromatic carbocycles. The highest BCUT2D eigenvalue weighted by Crippen LogP contribution is 2.18. The lowest BCUT2D eigenvalue weighted by atomic mass is 10.1. The second kappa shape index (κ2) is 7.10. The Balaban J connectivity index is 1.65. The number of benzene rings is 2. The van der Waals surface area contributed by atoms with Gasteiger partial charge in [-0.3, -0.25) is 5.10 Å². The molecule has 3 aromatic rings. The fourth-order valence-electron chi connectivity index (χ4n) is 2.27. The number of aromatic amines is 1. The largest absolute Gasteiger partial charge is 0.497 e. The van der Waals surface area contributed by atoms with Gasteiger partial charge >= 0.3 is 0 Å². The number of methoxy groups -OCH3 is 1. The van der Waals surface area contributed by atoms with E-state index in [0.717, 1.165) is 17.0 Å². The first-order chi connectivity index (χ1) is 11.7. The molecule has 0 spiro atoms. The third-order valence-corrected chi connectivity index (χ3v) is 3.59. The van der Waals surface area contributed by atoms with Crippen molar-refractivity contribution in [1.29, 1.82) is 0 Å². The summed E-state index contributed by atoms with van der Waals surface area (Å²) in [7, 11) is 1.62. The lowest BCUT2D eigenvalue weighted by molar-refractivity contribution is 0.415. The van der Waals surface area contributed by atoms with Gasteiger partial charge in [0.1, 0.15) is 17.4 Å². The third-order valence-electron chi connectivity index (χ3n) is 3.59. The second-order valence-electron chi connectivity index (χ2n) is 5.26. The molecule has 1 heterocycles. The standard InChI is InChI=1S/C17H18FN5O/c1-24-14-4-2-3-13(9-14)20-10-15-21-17(23-22-15)16(19)11-5-7-12(18)8-6-11/h2-9,16,20H,10,19H2,1H3,(H,21,22,23)/t16-/m0/s1. The Morgan fingerprint density at radius 2 is 2.04 bits per heavy atom. The number of nitrogens with two attached hydrogens (primary N) is 1. The number of aromatic nitrogens is 3. The number of nitrogens with one attached hydrogen (secondary N) is 2. The van der Waals surface area contributed by atoms with Crippen molar-refractivity contribution >= 4 is 5.69 Å². The average molecular weight is 327 g/mol. The fraction of sp³-hybridized carbons (Fsp3) is 0.176. The number of nitrogens with zero attached hydrogens (tertiary/aromatic N) is 2. The van der Waals surface area contributed by atoms with Gasteiger partial charge < -0.3 is 15.8 Å². The molecular formula is C17H18FN5O. The van der Waals surface area contributed by atoms with Crippen molar-refractivity contribution in [2.24, 2.45) is 5.73 Å². The van der Waals surface area contributed by atoms with Gasteiger partial charge in [-0.25, -0.2) is 9.37 Å². The predicted octanol–water partition coefficient (Wildman–Crippen LogP) is 2.61. The summed E-state index contributed by atoms with van der Waals surface area (Å²) in [5, 5.41) is 10.2. The molecule has 1 atom stereocenters. The highest BCUT2D eigenvalue weighted by Gasteiger charge is 2.14. The summed E-state index contributed by atoms with van der Waals surface area (Å²) in [6.07, 6.45) is 0. The summed E-state index contributed by atoms with van der Waals surface area (Å²) >= 11 is 0. The molecule has 3 rings (SSSR count). The van der Waals surface area contributed by atoms with E-state index in [1.165, 1.54) is 12.1 Å². The number of H-pyrrole nitrogens is 1. The molecule has 0 aliphatic carbocycles. The summed E-state index contributed by atoms with van der Waals surface area (Å²) in [6, 6.07) is 13.1. The number of rotatable bonds is 6. The lowest BCUT2D eigenvalue weighted by Crippen LogP contribution is -2.13. The van der Waals surface area contributed by atoms with Crippen molar-refractivity contribution in [2.75, 3.05) is 12.4 Å². The van der Waals surface area contributed by atoms with E-state index in [0.29, 0.717) is 18.2 Å². The minimum Gasteiger partial charge on any atom is -0.497 e. The molecule has 7 heteroatoms. The van der Waals surface area contributed by atoms with Crippen LogP contribution in [0.5, 0.6) is 5.75 Å². The first-order valence-corrected chi connectivity index (χ1v) is 7.46. The molecular weight excluding hydrogens is 309 g/mol. The van der Waals surface area contributed by atoms with Gasteiger partial charge in [0.15, 0.2) is 5.82 Å². The molecule has 0 bridgehead atoms. The quantitative estimate of drug-likeness (QED) is 0.647. The van der Waals surface area contributed by atoms with E-state index in [1.807, 2.05) is 24.3 Å². The maximum absolute atomic E-state index is 13.0. The molecule has 6 nitrogen and oxygen atoms in total. The van der Waals surface area contributed by atoms with Crippen molar-refractivity contribution in [1.82, 2.24) is 15.2 Å². The highest BCUT2D eigenvalue weighted by atomic mass is 19.1. The van der Waals surface area contributed by atoms with Crippen LogP contribution in [0.3, 0.4) is 0 Å². The van der Waals surface area contributed by atoms with Crippen LogP contribution in [-0.2, 0) is 6.54 Å². The Labute approximate surface area is 138 Å². The molecule has 24 heavy (non-hydrogen) atoms. The van der Waals surface area contributed by atoms with E-state index in [2.05, 4.69) is 20.5 Å². The van der Waals surface area contributed by atoms with Crippen LogP contribution in [-0.4, -0.2) is 22.3 Å². The molecule has 1 aromatic heterocycles. The fourth-order valence-corrected chi connectivity index (χ4v) is 2.27. The zero-order valence-corrected chi connectivity index (χ0v) is 13.2. The molecule has 0 unspecified atom stereocenters. The first-order valence-electron chi connectivity index (χ1n) is 7.46. The Kier molecular flexibility index (Phi) is 4.72. The first kappa shape index (κ1) is 15.9. The summed E-state index contributed by atoms with van der Waals surface area (Å²) in [4.78, 5) is 4.39. The van der Waals surface area contributed by atoms with Gasteiger partial charge in [0.2, 0.25) is 0 Å². The van der Waals surface area contributed by atoms with Gasteiger partial charge in [-0.05, 0) is 29.8 Å². The molecule has 0 saturated carbocycles. The average Bonchev–Trinajstić information content (AvgIpc) is 3.09. The Morgan fingerprint density at radius 3 is 2.79 bits per heavy atom. The Bertz CT molecular complexity index is 803. The number of anilines is 1. The van der Waals surface area contributed by atoms with Crippen molar-refractivity contribution in [2.45, 2.75) is 12.6 Å². The molecule has 0 aliphatic rings. The SMILES string of the molecule is COc1cccc(NCc2nc([C@@H](N)c3ccc(F)cc3)n[nH]2)c1. The number of halogens is 1. The van der Waals surface area contributed by atoms with Crippen LogP contribution >= 0.6 is 0 Å². The van der Waals surface area contributed by atoms with Crippen molar-refractivity contribution in [3.05, 3.63) is 71.6 Å². The van der Waals surface area contributed by atoms with Crippen LogP contribution < -0.4 is 15.8 Å². The molecule has 0 radical (unpaired) electrons. The predicted molar refractivity (Wildman–Crippen MR) is 89.1 cm³/mol. The van der Waals surface area contributed by atoms with Gasteiger partial charge in [-0.1, -0.05) is 18.2 Å². The summed E-state index contributed by atoms with van der Waals surface area (Å²) in [6.45, 7) is 0.469. The molecule has 0 aliphatic heterocycles. The van der Waals surface area contributed by atoms with E-state index in [9.17, 15) is 4.39 Å². The van der Waals surface area contributed by atoms with Crippen LogP contribution in [0.2, 0.25) is 0 Å². The van der Waals surface area contributed by atoms with Gasteiger partial charge in [0.05, 0.1) is 19.7 Å². The van der Waals surface area contributed by atoms with Crippen molar-refractivity contribution < 1.29 is 9.13 Å². The van der Waals surface area contributed by atoms with E-state index in [-0.39, 0.29) is 5.82 Å². The summed E-state index contributed by atoms with van der Waals surface area (Å²) < 4.78 is 18.2. The maximum Gasteiger partial charge on any atom is 0.171 e. The Morgan fingerprint density at radius 1 is 1.25 bits per heavy atom. The second-order valence-corrected chi connectivity index (χ2v) is 5.26. The smallest absolute Gasteiger partial charge is 0.171 e. The van der Waals surface area contributed by atoms with Gasteiger partial charge in [-0.15, -0.1) is 0 Å². The van der Waals surface area contributed by atoms with E-state index in [1.54, 1.807) is 19.2 Å². The summed E-state index contributed by atoms with van der Waals surface area (Å²) in [5.41, 5.74) is 7.79. The topological polar surface area (TPSA) is 88.8 Å². The van der Waals surface area contributed by atoms with Crippen LogP contribution in [0, 0.1) is 5.82 Å². The minimum atomic E-state index is -0.507. The van der Waals surface area contributed by atoms with Crippen LogP contribution in [0.15, 0.2) is 48.5 Å². The normalized spacial score (nSPS) is 12.0. The van der Waals surface area contributed by atoms with Crippen molar-refractivity contribution in [3.8, 4) is 5.75 Å². The van der Waals surface area contributed by atoms with Gasteiger partial charge in [0, 0.05) is 11.8 Å².